The van der Waals surface area contributed by atoms with E-state index < -0.39 is 12.1 Å². The predicted octanol–water partition coefficient (Wildman–Crippen LogP) is 3.46. The molecule has 3 aromatic rings. The Morgan fingerprint density at radius 1 is 1.14 bits per heavy atom. The molecule has 3 amide bonds. The average Bonchev–Trinajstić information content (AvgIpc) is 3.81. The maximum Gasteiger partial charge on any atom is 0.243 e. The fraction of sp³-hybridized carbons (Fsp3) is 0.459. The minimum absolute atomic E-state index is 0.0543. The van der Waals surface area contributed by atoms with Crippen LogP contribution in [0, 0.1) is 20.8 Å². The highest BCUT2D eigenvalue weighted by Gasteiger charge is 2.46. The van der Waals surface area contributed by atoms with Crippen LogP contribution in [-0.4, -0.2) is 89.1 Å². The predicted molar refractivity (Wildman–Crippen MR) is 193 cm³/mol. The van der Waals surface area contributed by atoms with Crippen LogP contribution in [0.25, 0.3) is 0 Å². The molecule has 2 fully saturated rings. The number of nitrogens with zero attached hydrogens (tertiary/aromatic N) is 4. The van der Waals surface area contributed by atoms with Gasteiger partial charge >= 0.3 is 0 Å². The van der Waals surface area contributed by atoms with Crippen molar-refractivity contribution in [2.45, 2.75) is 84.0 Å². The standard InChI is InChI=1S/C37H47N7O5S/c1-23-19-31(49-4)25(3)24(2)28(23)20-41-37(38)40-16-8-11-29(34(47)36-39-17-18-50-36)42-35(48)30-14-13-27-21-43(22-33(46)44(27)30)32(45)15-12-26-9-6-5-7-10-26/h5-7,9-10,17-19,27,29-30H,8,11-16,20-22H2,1-4H3,(H,42,48)(H3,38,40,41). The number of aromatic nitrogens is 1. The van der Waals surface area contributed by atoms with Crippen LogP contribution >= 0.6 is 11.3 Å². The smallest absolute Gasteiger partial charge is 0.243 e. The Hall–Kier alpha value is -4.78. The third-order valence-electron chi connectivity index (χ3n) is 9.76. The zero-order valence-electron chi connectivity index (χ0n) is 29.2. The number of ether oxygens (including phenoxy) is 1. The van der Waals surface area contributed by atoms with Crippen LogP contribution in [0.2, 0.25) is 0 Å². The molecule has 0 radical (unpaired) electrons. The number of rotatable bonds is 14. The Kier molecular flexibility index (Phi) is 12.2. The highest BCUT2D eigenvalue weighted by molar-refractivity contribution is 7.11. The largest absolute Gasteiger partial charge is 0.496 e. The van der Waals surface area contributed by atoms with Crippen LogP contribution in [0.15, 0.2) is 53.0 Å². The Labute approximate surface area is 297 Å². The first-order chi connectivity index (χ1) is 24.1. The molecule has 0 saturated carbocycles. The molecule has 0 spiro atoms. The van der Waals surface area contributed by atoms with Gasteiger partial charge in [0.25, 0.3) is 0 Å². The highest BCUT2D eigenvalue weighted by atomic mass is 32.1. The van der Waals surface area contributed by atoms with E-state index in [4.69, 9.17) is 10.5 Å². The molecule has 50 heavy (non-hydrogen) atoms. The van der Waals surface area contributed by atoms with Gasteiger partial charge in [0.1, 0.15) is 11.8 Å². The van der Waals surface area contributed by atoms with Crippen LogP contribution < -0.4 is 21.1 Å². The minimum Gasteiger partial charge on any atom is -0.496 e. The SMILES string of the molecule is COc1cc(C)c(CN=C(N)NCCCC(NC(=O)C2CCC3CN(C(=O)CCc4ccccc4)CC(=O)N32)C(=O)c2nccs2)c(C)c1C. The molecule has 3 atom stereocenters. The number of piperazine rings is 1. The third kappa shape index (κ3) is 8.68. The van der Waals surface area contributed by atoms with Gasteiger partial charge in [-0.05, 0) is 86.8 Å². The van der Waals surface area contributed by atoms with E-state index >= 15 is 0 Å². The van der Waals surface area contributed by atoms with Gasteiger partial charge < -0.3 is 30.9 Å². The number of carbonyl (C=O) groups is 4. The van der Waals surface area contributed by atoms with Crippen molar-refractivity contribution in [2.24, 2.45) is 10.7 Å². The number of benzene rings is 2. The van der Waals surface area contributed by atoms with Gasteiger partial charge in [0.2, 0.25) is 23.5 Å². The molecule has 2 aliphatic heterocycles. The van der Waals surface area contributed by atoms with E-state index in [1.54, 1.807) is 28.5 Å². The molecular formula is C37H47N7O5S. The number of fused-ring (bicyclic) bond motifs is 1. The number of guanidine groups is 1. The first kappa shape index (κ1) is 36.5. The van der Waals surface area contributed by atoms with Crippen molar-refractivity contribution < 1.29 is 23.9 Å². The molecule has 13 heteroatoms. The normalized spacial score (nSPS) is 18.1. The van der Waals surface area contributed by atoms with Gasteiger partial charge in [0.15, 0.2) is 11.0 Å². The molecule has 0 bridgehead atoms. The number of methoxy groups -OCH3 is 1. The van der Waals surface area contributed by atoms with E-state index in [2.05, 4.69) is 20.6 Å². The Morgan fingerprint density at radius 3 is 2.64 bits per heavy atom. The van der Waals surface area contributed by atoms with Gasteiger partial charge in [-0.2, -0.15) is 0 Å². The second-order valence-electron chi connectivity index (χ2n) is 13.0. The Morgan fingerprint density at radius 2 is 1.92 bits per heavy atom. The van der Waals surface area contributed by atoms with Crippen molar-refractivity contribution in [1.82, 2.24) is 25.4 Å². The van der Waals surface area contributed by atoms with Crippen molar-refractivity contribution in [3.63, 3.8) is 0 Å². The number of aliphatic imine (C=N–C) groups is 1. The van der Waals surface area contributed by atoms with Crippen LogP contribution in [0.4, 0.5) is 0 Å². The molecular weight excluding hydrogens is 655 g/mol. The maximum absolute atomic E-state index is 13.7. The average molecular weight is 702 g/mol. The summed E-state index contributed by atoms with van der Waals surface area (Å²) in [5.74, 6) is 0.182. The molecule has 3 heterocycles. The molecule has 2 aromatic carbocycles. The molecule has 12 nitrogen and oxygen atoms in total. The fourth-order valence-corrected chi connectivity index (χ4v) is 7.46. The van der Waals surface area contributed by atoms with Crippen LogP contribution in [0.1, 0.15) is 69.7 Å². The van der Waals surface area contributed by atoms with Gasteiger partial charge in [-0.1, -0.05) is 30.3 Å². The summed E-state index contributed by atoms with van der Waals surface area (Å²) in [5.41, 5.74) is 11.6. The van der Waals surface area contributed by atoms with Gasteiger partial charge in [-0.3, -0.25) is 19.2 Å². The second kappa shape index (κ2) is 16.8. The number of carbonyl (C=O) groups excluding carboxylic acids is 4. The van der Waals surface area contributed by atoms with E-state index in [1.807, 2.05) is 57.2 Å². The number of amides is 3. The summed E-state index contributed by atoms with van der Waals surface area (Å²) in [6.45, 7) is 7.29. The maximum atomic E-state index is 13.7. The summed E-state index contributed by atoms with van der Waals surface area (Å²) < 4.78 is 5.47. The molecule has 266 valence electrons. The van der Waals surface area contributed by atoms with Crippen molar-refractivity contribution in [1.29, 1.82) is 0 Å². The fourth-order valence-electron chi connectivity index (χ4n) is 6.83. The van der Waals surface area contributed by atoms with Crippen LogP contribution in [0.5, 0.6) is 5.75 Å². The van der Waals surface area contributed by atoms with Gasteiger partial charge in [0, 0.05) is 31.1 Å². The van der Waals surface area contributed by atoms with Gasteiger partial charge in [-0.15, -0.1) is 11.3 Å². The number of aryl methyl sites for hydroxylation is 2. The minimum atomic E-state index is -0.823. The number of hydrogen-bond donors (Lipinski definition) is 3. The van der Waals surface area contributed by atoms with Gasteiger partial charge in [-0.25, -0.2) is 9.98 Å². The highest BCUT2D eigenvalue weighted by Crippen LogP contribution is 2.30. The Balaban J connectivity index is 1.15. The van der Waals surface area contributed by atoms with E-state index in [0.29, 0.717) is 63.2 Å². The van der Waals surface area contributed by atoms with E-state index in [0.717, 1.165) is 33.6 Å². The van der Waals surface area contributed by atoms with Crippen LogP contribution in [0.3, 0.4) is 0 Å². The van der Waals surface area contributed by atoms with Crippen molar-refractivity contribution in [2.75, 3.05) is 26.7 Å². The summed E-state index contributed by atoms with van der Waals surface area (Å²) in [5, 5.41) is 8.10. The summed E-state index contributed by atoms with van der Waals surface area (Å²) in [4.78, 5) is 65.4. The lowest BCUT2D eigenvalue weighted by atomic mass is 9.97. The van der Waals surface area contributed by atoms with E-state index in [9.17, 15) is 19.2 Å². The van der Waals surface area contributed by atoms with Crippen molar-refractivity contribution >= 4 is 40.8 Å². The third-order valence-corrected chi connectivity index (χ3v) is 10.5. The molecule has 2 saturated heterocycles. The van der Waals surface area contributed by atoms with E-state index in [1.165, 1.54) is 11.3 Å². The van der Waals surface area contributed by atoms with Crippen LogP contribution in [-0.2, 0) is 27.3 Å². The zero-order chi connectivity index (χ0) is 35.8. The first-order valence-corrected chi connectivity index (χ1v) is 18.0. The molecule has 0 aliphatic carbocycles. The van der Waals surface area contributed by atoms with Crippen molar-refractivity contribution in [3.05, 3.63) is 80.8 Å². The second-order valence-corrected chi connectivity index (χ2v) is 13.9. The number of Topliss-reactive ketones (excluding diaryl/α,β-unsaturated/α-hetero) is 1. The lowest BCUT2D eigenvalue weighted by molar-refractivity contribution is -0.151. The first-order valence-electron chi connectivity index (χ1n) is 17.1. The lowest BCUT2D eigenvalue weighted by Gasteiger charge is -2.39. The molecule has 4 N–H and O–H groups in total. The summed E-state index contributed by atoms with van der Waals surface area (Å²) in [6, 6.07) is 10.0. The molecule has 1 aromatic heterocycles. The molecule has 2 aliphatic rings. The summed E-state index contributed by atoms with van der Waals surface area (Å²) in [6.07, 6.45) is 4.42. The quantitative estimate of drug-likeness (QED) is 0.0998. The summed E-state index contributed by atoms with van der Waals surface area (Å²) in [7, 11) is 1.66. The topological polar surface area (TPSA) is 159 Å². The lowest BCUT2D eigenvalue weighted by Crippen LogP contribution is -2.60. The number of nitrogens with two attached hydrogens (primary N) is 1. The van der Waals surface area contributed by atoms with E-state index in [-0.39, 0.29) is 42.1 Å². The number of nitrogens with one attached hydrogen (secondary N) is 2. The summed E-state index contributed by atoms with van der Waals surface area (Å²) >= 11 is 1.22. The zero-order valence-corrected chi connectivity index (χ0v) is 30.1. The van der Waals surface area contributed by atoms with Crippen molar-refractivity contribution in [3.8, 4) is 5.75 Å². The van der Waals surface area contributed by atoms with Gasteiger partial charge in [0.05, 0.1) is 32.3 Å². The Bertz CT molecular complexity index is 1710. The molecule has 3 unspecified atom stereocenters. The number of ketones is 1. The number of thiazole rings is 1. The number of hydrogen-bond acceptors (Lipinski definition) is 8. The monoisotopic (exact) mass is 701 g/mol. The molecule has 5 rings (SSSR count).